The van der Waals surface area contributed by atoms with E-state index >= 15 is 0 Å². The Kier molecular flexibility index (Phi) is 6.43. The van der Waals surface area contributed by atoms with Gasteiger partial charge in [-0.15, -0.1) is 0 Å². The number of fused-ring (bicyclic) bond motifs is 1. The van der Waals surface area contributed by atoms with E-state index in [4.69, 9.17) is 9.15 Å². The molecule has 0 fully saturated rings. The van der Waals surface area contributed by atoms with Crippen molar-refractivity contribution in [3.05, 3.63) is 121 Å². The third-order valence-corrected chi connectivity index (χ3v) is 5.79. The van der Waals surface area contributed by atoms with Gasteiger partial charge in [-0.25, -0.2) is 9.78 Å². The van der Waals surface area contributed by atoms with Gasteiger partial charge in [-0.1, -0.05) is 28.1 Å². The van der Waals surface area contributed by atoms with Crippen molar-refractivity contribution in [2.24, 2.45) is 5.10 Å². The van der Waals surface area contributed by atoms with Gasteiger partial charge in [0.1, 0.15) is 5.75 Å². The second-order valence-corrected chi connectivity index (χ2v) is 8.58. The second-order valence-electron chi connectivity index (χ2n) is 7.67. The molecule has 0 aliphatic carbocycles. The Morgan fingerprint density at radius 2 is 1.86 bits per heavy atom. The van der Waals surface area contributed by atoms with E-state index in [9.17, 15) is 19.7 Å². The van der Waals surface area contributed by atoms with E-state index in [-0.39, 0.29) is 22.8 Å². The minimum absolute atomic E-state index is 0.131. The Balaban J connectivity index is 1.53. The highest BCUT2D eigenvalue weighted by atomic mass is 79.9. The number of carbonyl (C=O) groups excluding carboxylic acids is 1. The molecule has 0 atom stereocenters. The van der Waals surface area contributed by atoms with E-state index in [1.807, 2.05) is 0 Å². The average Bonchev–Trinajstić information content (AvgIpc) is 3.44. The first kappa shape index (κ1) is 23.8. The molecule has 5 rings (SSSR count). The fourth-order valence-corrected chi connectivity index (χ4v) is 3.89. The SMILES string of the molecule is O=C(Oc1ccc(Br)cc1C=Nn1c(-c2ccco2)nc2ccccc2c1=O)c1ccc([N+](=O)[O-])cc1. The van der Waals surface area contributed by atoms with Crippen molar-refractivity contribution in [1.82, 2.24) is 9.66 Å². The highest BCUT2D eigenvalue weighted by Gasteiger charge is 2.16. The number of non-ortho nitro benzene ring substituents is 1. The van der Waals surface area contributed by atoms with E-state index in [1.165, 1.54) is 36.7 Å². The number of rotatable bonds is 6. The maximum absolute atomic E-state index is 13.3. The minimum Gasteiger partial charge on any atom is -0.461 e. The number of ether oxygens (including phenoxy) is 1. The molecule has 2 aromatic heterocycles. The monoisotopic (exact) mass is 558 g/mol. The average molecular weight is 559 g/mol. The fourth-order valence-electron chi connectivity index (χ4n) is 3.51. The predicted octanol–water partition coefficient (Wildman–Crippen LogP) is 5.43. The highest BCUT2D eigenvalue weighted by molar-refractivity contribution is 9.10. The standard InChI is InChI=1S/C26H15BrN4O6/c27-18-9-12-22(37-26(33)16-7-10-19(11-8-16)31(34)35)17(14-18)15-28-30-24(23-6-3-13-36-23)29-21-5-2-1-4-20(21)25(30)32/h1-15H. The molecular formula is C26H15BrN4O6. The van der Waals surface area contributed by atoms with Crippen molar-refractivity contribution < 1.29 is 18.9 Å². The van der Waals surface area contributed by atoms with Gasteiger partial charge in [-0.05, 0) is 54.6 Å². The van der Waals surface area contributed by atoms with Gasteiger partial charge in [-0.2, -0.15) is 9.78 Å². The fraction of sp³-hybridized carbons (Fsp3) is 0. The number of nitro benzene ring substituents is 1. The number of hydrogen-bond acceptors (Lipinski definition) is 8. The van der Waals surface area contributed by atoms with Crippen LogP contribution in [0.1, 0.15) is 15.9 Å². The smallest absolute Gasteiger partial charge is 0.343 e. The maximum Gasteiger partial charge on any atom is 0.343 e. The van der Waals surface area contributed by atoms with Crippen molar-refractivity contribution in [3.8, 4) is 17.3 Å². The summed E-state index contributed by atoms with van der Waals surface area (Å²) in [6.07, 6.45) is 2.84. The maximum atomic E-state index is 13.3. The molecule has 0 saturated carbocycles. The van der Waals surface area contributed by atoms with E-state index in [0.717, 1.165) is 4.68 Å². The number of aromatic nitrogens is 2. The molecule has 0 bridgehead atoms. The lowest BCUT2D eigenvalue weighted by Gasteiger charge is -2.09. The lowest BCUT2D eigenvalue weighted by molar-refractivity contribution is -0.384. The van der Waals surface area contributed by atoms with Crippen molar-refractivity contribution in [3.63, 3.8) is 0 Å². The van der Waals surface area contributed by atoms with Gasteiger partial charge in [0.2, 0.25) is 5.82 Å². The van der Waals surface area contributed by atoms with E-state index in [0.29, 0.717) is 26.7 Å². The van der Waals surface area contributed by atoms with Crippen LogP contribution in [0.2, 0.25) is 0 Å². The quantitative estimate of drug-likeness (QED) is 0.0892. The summed E-state index contributed by atoms with van der Waals surface area (Å²) in [6, 6.07) is 20.2. The third kappa shape index (κ3) is 4.93. The van der Waals surface area contributed by atoms with Gasteiger partial charge in [0.25, 0.3) is 11.2 Å². The minimum atomic E-state index is -0.715. The van der Waals surface area contributed by atoms with Crippen LogP contribution in [0.25, 0.3) is 22.5 Å². The Morgan fingerprint density at radius 3 is 2.59 bits per heavy atom. The van der Waals surface area contributed by atoms with Crippen LogP contribution in [0, 0.1) is 10.1 Å². The summed E-state index contributed by atoms with van der Waals surface area (Å²) in [7, 11) is 0. The van der Waals surface area contributed by atoms with Crippen LogP contribution in [0.4, 0.5) is 5.69 Å². The number of carbonyl (C=O) groups is 1. The van der Waals surface area contributed by atoms with Crippen LogP contribution < -0.4 is 10.3 Å². The Labute approximate surface area is 216 Å². The number of esters is 1. The van der Waals surface area contributed by atoms with Crippen LogP contribution in [0.5, 0.6) is 5.75 Å². The topological polar surface area (TPSA) is 130 Å². The molecule has 10 nitrogen and oxygen atoms in total. The molecule has 0 saturated heterocycles. The molecule has 0 radical (unpaired) electrons. The van der Waals surface area contributed by atoms with Gasteiger partial charge in [0.15, 0.2) is 5.76 Å². The first-order chi connectivity index (χ1) is 17.9. The van der Waals surface area contributed by atoms with Gasteiger partial charge in [0, 0.05) is 22.2 Å². The van der Waals surface area contributed by atoms with Crippen LogP contribution in [0.3, 0.4) is 0 Å². The van der Waals surface area contributed by atoms with Crippen molar-refractivity contribution >= 4 is 44.7 Å². The normalized spacial score (nSPS) is 11.2. The Hall–Kier alpha value is -4.90. The summed E-state index contributed by atoms with van der Waals surface area (Å²) < 4.78 is 12.8. The van der Waals surface area contributed by atoms with Crippen molar-refractivity contribution in [2.75, 3.05) is 0 Å². The summed E-state index contributed by atoms with van der Waals surface area (Å²) in [5.74, 6) is -0.00669. The van der Waals surface area contributed by atoms with E-state index in [2.05, 4.69) is 26.0 Å². The summed E-state index contributed by atoms with van der Waals surface area (Å²) in [6.45, 7) is 0. The first-order valence-corrected chi connectivity index (χ1v) is 11.6. The van der Waals surface area contributed by atoms with E-state index in [1.54, 1.807) is 54.6 Å². The molecule has 5 aromatic rings. The summed E-state index contributed by atoms with van der Waals surface area (Å²) in [5, 5.41) is 15.6. The lowest BCUT2D eigenvalue weighted by atomic mass is 10.2. The van der Waals surface area contributed by atoms with Crippen LogP contribution in [-0.4, -0.2) is 26.8 Å². The molecule has 0 amide bonds. The molecule has 0 aliphatic rings. The number of nitro groups is 1. The zero-order valence-corrected chi connectivity index (χ0v) is 20.4. The lowest BCUT2D eigenvalue weighted by Crippen LogP contribution is -2.20. The molecule has 0 N–H and O–H groups in total. The van der Waals surface area contributed by atoms with Crippen LogP contribution in [0.15, 0.2) is 104 Å². The molecule has 0 unspecified atom stereocenters. The van der Waals surface area contributed by atoms with E-state index < -0.39 is 16.5 Å². The predicted molar refractivity (Wildman–Crippen MR) is 139 cm³/mol. The number of halogens is 1. The zero-order valence-electron chi connectivity index (χ0n) is 18.8. The Morgan fingerprint density at radius 1 is 1.08 bits per heavy atom. The van der Waals surface area contributed by atoms with Crippen LogP contribution >= 0.6 is 15.9 Å². The number of benzene rings is 3. The van der Waals surface area contributed by atoms with Gasteiger partial charge in [-0.3, -0.25) is 14.9 Å². The summed E-state index contributed by atoms with van der Waals surface area (Å²) in [4.78, 5) is 40.8. The molecule has 3 aromatic carbocycles. The van der Waals surface area contributed by atoms with Gasteiger partial charge in [0.05, 0.1) is 33.9 Å². The number of para-hydroxylation sites is 1. The molecule has 2 heterocycles. The largest absolute Gasteiger partial charge is 0.461 e. The molecule has 182 valence electrons. The Bertz CT molecular complexity index is 1730. The molecule has 0 aliphatic heterocycles. The van der Waals surface area contributed by atoms with Crippen molar-refractivity contribution in [2.45, 2.75) is 0 Å². The number of furan rings is 1. The molecule has 0 spiro atoms. The van der Waals surface area contributed by atoms with Crippen molar-refractivity contribution in [1.29, 1.82) is 0 Å². The zero-order chi connectivity index (χ0) is 25.9. The summed E-state index contributed by atoms with van der Waals surface area (Å²) >= 11 is 3.39. The van der Waals surface area contributed by atoms with Gasteiger partial charge >= 0.3 is 5.97 Å². The highest BCUT2D eigenvalue weighted by Crippen LogP contribution is 2.24. The van der Waals surface area contributed by atoms with Crippen LogP contribution in [-0.2, 0) is 0 Å². The second kappa shape index (κ2) is 9.99. The molecule has 37 heavy (non-hydrogen) atoms. The van der Waals surface area contributed by atoms with Gasteiger partial charge < -0.3 is 9.15 Å². The number of hydrogen-bond donors (Lipinski definition) is 0. The first-order valence-electron chi connectivity index (χ1n) is 10.8. The number of nitrogens with zero attached hydrogens (tertiary/aromatic N) is 4. The summed E-state index contributed by atoms with van der Waals surface area (Å²) in [5.41, 5.74) is 0.453. The molecule has 11 heteroatoms. The molecular weight excluding hydrogens is 544 g/mol. The third-order valence-electron chi connectivity index (χ3n) is 5.30.